The predicted octanol–water partition coefficient (Wildman–Crippen LogP) is 3.02. The Labute approximate surface area is 151 Å². The van der Waals surface area contributed by atoms with Crippen LogP contribution in [0.25, 0.3) is 5.69 Å². The van der Waals surface area contributed by atoms with Gasteiger partial charge in [0, 0.05) is 31.9 Å². The first-order valence-corrected chi connectivity index (χ1v) is 7.71. The summed E-state index contributed by atoms with van der Waals surface area (Å²) >= 11 is 0. The summed E-state index contributed by atoms with van der Waals surface area (Å²) < 4.78 is 48.9. The van der Waals surface area contributed by atoms with Crippen LogP contribution >= 0.6 is 0 Å². The highest BCUT2D eigenvalue weighted by molar-refractivity contribution is 6.15. The zero-order chi connectivity index (χ0) is 19.8. The number of cyclic esters (lactones) is 2. The SMILES string of the molecule is CC1(C)OC(=O)C(=CNc2ccc(-n3cc(C(F)(F)F)cn3)cc2)C(=O)O1. The molecule has 1 aromatic heterocycles. The number of halogens is 3. The third kappa shape index (κ3) is 4.10. The number of benzene rings is 1. The van der Waals surface area contributed by atoms with Crippen LogP contribution in [0.2, 0.25) is 0 Å². The van der Waals surface area contributed by atoms with E-state index in [0.717, 1.165) is 23.3 Å². The van der Waals surface area contributed by atoms with Gasteiger partial charge in [0.25, 0.3) is 5.79 Å². The van der Waals surface area contributed by atoms with Crippen molar-refractivity contribution in [2.24, 2.45) is 0 Å². The molecule has 1 aliphatic rings. The minimum absolute atomic E-state index is 0.305. The molecule has 3 rings (SSSR count). The van der Waals surface area contributed by atoms with Gasteiger partial charge in [0.2, 0.25) is 0 Å². The number of carbonyl (C=O) groups is 2. The van der Waals surface area contributed by atoms with Gasteiger partial charge in [0.15, 0.2) is 5.57 Å². The highest BCUT2D eigenvalue weighted by atomic mass is 19.4. The van der Waals surface area contributed by atoms with Crippen molar-refractivity contribution in [3.63, 3.8) is 0 Å². The summed E-state index contributed by atoms with van der Waals surface area (Å²) in [5.41, 5.74) is -0.270. The number of ether oxygens (including phenoxy) is 2. The average Bonchev–Trinajstić information content (AvgIpc) is 3.04. The van der Waals surface area contributed by atoms with E-state index in [0.29, 0.717) is 11.4 Å². The Morgan fingerprint density at radius 2 is 1.70 bits per heavy atom. The van der Waals surface area contributed by atoms with E-state index in [1.54, 1.807) is 12.1 Å². The van der Waals surface area contributed by atoms with Crippen molar-refractivity contribution in [2.75, 3.05) is 5.32 Å². The maximum atomic E-state index is 12.6. The minimum atomic E-state index is -4.47. The van der Waals surface area contributed by atoms with E-state index in [4.69, 9.17) is 9.47 Å². The van der Waals surface area contributed by atoms with Crippen LogP contribution in [-0.2, 0) is 25.2 Å². The topological polar surface area (TPSA) is 82.5 Å². The van der Waals surface area contributed by atoms with Crippen molar-refractivity contribution in [3.8, 4) is 5.69 Å². The quantitative estimate of drug-likeness (QED) is 0.500. The lowest BCUT2D eigenvalue weighted by atomic mass is 10.2. The maximum Gasteiger partial charge on any atom is 0.419 e. The second-order valence-electron chi connectivity index (χ2n) is 6.10. The first-order valence-electron chi connectivity index (χ1n) is 7.71. The van der Waals surface area contributed by atoms with E-state index in [1.165, 1.54) is 26.0 Å². The molecule has 0 unspecified atom stereocenters. The number of aromatic nitrogens is 2. The second kappa shape index (κ2) is 6.45. The van der Waals surface area contributed by atoms with Crippen molar-refractivity contribution >= 4 is 17.6 Å². The largest absolute Gasteiger partial charge is 0.419 e. The van der Waals surface area contributed by atoms with Crippen LogP contribution in [0.4, 0.5) is 18.9 Å². The summed E-state index contributed by atoms with van der Waals surface area (Å²) in [7, 11) is 0. The number of carbonyl (C=O) groups excluding carboxylic acids is 2. The smallest absolute Gasteiger partial charge is 0.419 e. The number of nitrogens with zero attached hydrogens (tertiary/aromatic N) is 2. The normalized spacial score (nSPS) is 16.6. The molecule has 7 nitrogen and oxygen atoms in total. The first kappa shape index (κ1) is 18.5. The predicted molar refractivity (Wildman–Crippen MR) is 86.5 cm³/mol. The summed E-state index contributed by atoms with van der Waals surface area (Å²) in [6.07, 6.45) is -1.72. The van der Waals surface area contributed by atoms with Gasteiger partial charge in [0.1, 0.15) is 0 Å². The van der Waals surface area contributed by atoms with E-state index in [9.17, 15) is 22.8 Å². The van der Waals surface area contributed by atoms with Crippen molar-refractivity contribution in [1.29, 1.82) is 0 Å². The third-order valence-electron chi connectivity index (χ3n) is 3.54. The molecule has 0 atom stereocenters. The zero-order valence-corrected chi connectivity index (χ0v) is 14.2. The van der Waals surface area contributed by atoms with Crippen LogP contribution in [0.15, 0.2) is 48.4 Å². The summed E-state index contributed by atoms with van der Waals surface area (Å²) in [4.78, 5) is 23.7. The molecule has 27 heavy (non-hydrogen) atoms. The van der Waals surface area contributed by atoms with Crippen LogP contribution in [0.3, 0.4) is 0 Å². The number of anilines is 1. The van der Waals surface area contributed by atoms with Gasteiger partial charge in [-0.05, 0) is 24.3 Å². The molecule has 0 aliphatic carbocycles. The van der Waals surface area contributed by atoms with Gasteiger partial charge in [-0.15, -0.1) is 0 Å². The highest BCUT2D eigenvalue weighted by Gasteiger charge is 2.39. The highest BCUT2D eigenvalue weighted by Crippen LogP contribution is 2.29. The Kier molecular flexibility index (Phi) is 4.42. The summed E-state index contributed by atoms with van der Waals surface area (Å²) in [6, 6.07) is 6.14. The Balaban J connectivity index is 1.72. The first-order chi connectivity index (χ1) is 12.5. The van der Waals surface area contributed by atoms with Gasteiger partial charge in [-0.1, -0.05) is 0 Å². The summed E-state index contributed by atoms with van der Waals surface area (Å²) in [5, 5.41) is 6.41. The third-order valence-corrected chi connectivity index (χ3v) is 3.54. The molecular weight excluding hydrogens is 367 g/mol. The van der Waals surface area contributed by atoms with Gasteiger partial charge in [-0.3, -0.25) is 0 Å². The molecule has 1 aliphatic heterocycles. The standard InChI is InChI=1S/C17H14F3N3O4/c1-16(2)26-14(24)13(15(25)27-16)8-21-11-3-5-12(6-4-11)23-9-10(7-22-23)17(18,19)20/h3-9,21H,1-2H3. The molecule has 1 aromatic carbocycles. The van der Waals surface area contributed by atoms with E-state index >= 15 is 0 Å². The van der Waals surface area contributed by atoms with E-state index in [-0.39, 0.29) is 5.57 Å². The Morgan fingerprint density at radius 3 is 2.22 bits per heavy atom. The molecule has 0 radical (unpaired) electrons. The number of esters is 2. The molecule has 1 fully saturated rings. The lowest BCUT2D eigenvalue weighted by Crippen LogP contribution is -2.42. The molecule has 1 saturated heterocycles. The lowest BCUT2D eigenvalue weighted by Gasteiger charge is -2.29. The fourth-order valence-corrected chi connectivity index (χ4v) is 2.25. The molecule has 0 amide bonds. The van der Waals surface area contributed by atoms with E-state index in [2.05, 4.69) is 10.4 Å². The summed E-state index contributed by atoms with van der Waals surface area (Å²) in [6.45, 7) is 2.87. The van der Waals surface area contributed by atoms with E-state index < -0.39 is 29.5 Å². The molecule has 0 spiro atoms. The molecule has 2 heterocycles. The molecule has 1 N–H and O–H groups in total. The molecular formula is C17H14F3N3O4. The van der Waals surface area contributed by atoms with Gasteiger partial charge in [-0.25, -0.2) is 14.3 Å². The average molecular weight is 381 g/mol. The van der Waals surface area contributed by atoms with Crippen LogP contribution < -0.4 is 5.32 Å². The summed E-state index contributed by atoms with van der Waals surface area (Å²) in [5.74, 6) is -2.97. The van der Waals surface area contributed by atoms with Crippen LogP contribution in [-0.4, -0.2) is 27.5 Å². The fraction of sp³-hybridized carbons (Fsp3) is 0.235. The molecule has 2 aromatic rings. The Bertz CT molecular complexity index is 892. The molecule has 0 bridgehead atoms. The van der Waals surface area contributed by atoms with Gasteiger partial charge in [0.05, 0.1) is 17.4 Å². The molecule has 10 heteroatoms. The van der Waals surface area contributed by atoms with E-state index in [1.807, 2.05) is 0 Å². The Morgan fingerprint density at radius 1 is 1.11 bits per heavy atom. The fourth-order valence-electron chi connectivity index (χ4n) is 2.25. The van der Waals surface area contributed by atoms with Gasteiger partial charge >= 0.3 is 18.1 Å². The number of hydrogen-bond acceptors (Lipinski definition) is 6. The van der Waals surface area contributed by atoms with Crippen molar-refractivity contribution < 1.29 is 32.2 Å². The van der Waals surface area contributed by atoms with Crippen molar-refractivity contribution in [1.82, 2.24) is 9.78 Å². The second-order valence-corrected chi connectivity index (χ2v) is 6.10. The van der Waals surface area contributed by atoms with Gasteiger partial charge in [-0.2, -0.15) is 18.3 Å². The van der Waals surface area contributed by atoms with Crippen LogP contribution in [0.5, 0.6) is 0 Å². The molecule has 0 saturated carbocycles. The monoisotopic (exact) mass is 381 g/mol. The number of hydrogen-bond donors (Lipinski definition) is 1. The zero-order valence-electron chi connectivity index (χ0n) is 14.2. The van der Waals surface area contributed by atoms with Crippen LogP contribution in [0.1, 0.15) is 19.4 Å². The number of alkyl halides is 3. The van der Waals surface area contributed by atoms with Crippen molar-refractivity contribution in [2.45, 2.75) is 25.8 Å². The maximum absolute atomic E-state index is 12.6. The minimum Gasteiger partial charge on any atom is -0.419 e. The molecule has 142 valence electrons. The van der Waals surface area contributed by atoms with Crippen LogP contribution in [0, 0.1) is 0 Å². The van der Waals surface area contributed by atoms with Crippen molar-refractivity contribution in [3.05, 3.63) is 54.0 Å². The Hall–Kier alpha value is -3.30. The van der Waals surface area contributed by atoms with Gasteiger partial charge < -0.3 is 14.8 Å². The number of rotatable bonds is 3. The lowest BCUT2D eigenvalue weighted by molar-refractivity contribution is -0.222. The number of nitrogens with one attached hydrogen (secondary N) is 1.